The highest BCUT2D eigenvalue weighted by Gasteiger charge is 2.29. The van der Waals surface area contributed by atoms with E-state index in [9.17, 15) is 4.39 Å². The van der Waals surface area contributed by atoms with Crippen molar-refractivity contribution < 1.29 is 8.91 Å². The summed E-state index contributed by atoms with van der Waals surface area (Å²) in [6.45, 7) is 0. The molecular weight excluding hydrogens is 313 g/mol. The van der Waals surface area contributed by atoms with Crippen molar-refractivity contribution >= 4 is 15.9 Å². The SMILES string of the molecule is NC(Cc1nc(-c2ccc(F)cc2Br)no1)C1CC1. The average Bonchev–Trinajstić information content (AvgIpc) is 3.11. The smallest absolute Gasteiger partial charge is 0.228 e. The average molecular weight is 326 g/mol. The second-order valence-electron chi connectivity index (χ2n) is 4.84. The molecule has 19 heavy (non-hydrogen) atoms. The van der Waals surface area contributed by atoms with Crippen LogP contribution >= 0.6 is 15.9 Å². The van der Waals surface area contributed by atoms with Gasteiger partial charge in [-0.2, -0.15) is 4.98 Å². The Morgan fingerprint density at radius 3 is 2.95 bits per heavy atom. The fourth-order valence-corrected chi connectivity index (χ4v) is 2.54. The zero-order valence-electron chi connectivity index (χ0n) is 10.1. The molecule has 1 aliphatic rings. The largest absolute Gasteiger partial charge is 0.339 e. The van der Waals surface area contributed by atoms with E-state index in [2.05, 4.69) is 26.1 Å². The van der Waals surface area contributed by atoms with Crippen LogP contribution in [0.15, 0.2) is 27.2 Å². The molecule has 0 amide bonds. The molecule has 0 aliphatic heterocycles. The third-order valence-electron chi connectivity index (χ3n) is 3.28. The van der Waals surface area contributed by atoms with E-state index in [4.69, 9.17) is 10.3 Å². The topological polar surface area (TPSA) is 64.9 Å². The first-order valence-corrected chi connectivity index (χ1v) is 6.96. The molecule has 0 saturated heterocycles. The van der Waals surface area contributed by atoms with E-state index in [1.807, 2.05) is 0 Å². The van der Waals surface area contributed by atoms with Gasteiger partial charge in [-0.25, -0.2) is 4.39 Å². The fourth-order valence-electron chi connectivity index (χ4n) is 2.01. The predicted octanol–water partition coefficient (Wildman–Crippen LogP) is 2.92. The number of aromatic nitrogens is 2. The lowest BCUT2D eigenvalue weighted by Crippen LogP contribution is -2.25. The van der Waals surface area contributed by atoms with Gasteiger partial charge in [0.05, 0.1) is 0 Å². The molecule has 1 aromatic carbocycles. The lowest BCUT2D eigenvalue weighted by molar-refractivity contribution is 0.364. The number of hydrogen-bond acceptors (Lipinski definition) is 4. The highest BCUT2D eigenvalue weighted by Crippen LogP contribution is 2.33. The van der Waals surface area contributed by atoms with Gasteiger partial charge in [0.1, 0.15) is 5.82 Å². The van der Waals surface area contributed by atoms with Gasteiger partial charge in [-0.3, -0.25) is 0 Å². The van der Waals surface area contributed by atoms with Gasteiger partial charge in [0.15, 0.2) is 0 Å². The van der Waals surface area contributed by atoms with Crippen LogP contribution < -0.4 is 5.73 Å². The predicted molar refractivity (Wildman–Crippen MR) is 71.8 cm³/mol. The standard InChI is InChI=1S/C13H13BrFN3O/c14-10-5-8(15)3-4-9(10)13-17-12(19-18-13)6-11(16)7-1-2-7/h3-5,7,11H,1-2,6,16H2. The van der Waals surface area contributed by atoms with Crippen LogP contribution in [0.5, 0.6) is 0 Å². The molecule has 1 aliphatic carbocycles. The number of nitrogens with zero attached hydrogens (tertiary/aromatic N) is 2. The van der Waals surface area contributed by atoms with Crippen LogP contribution in [0.2, 0.25) is 0 Å². The van der Waals surface area contributed by atoms with Gasteiger partial charge in [0.25, 0.3) is 0 Å². The molecule has 4 nitrogen and oxygen atoms in total. The Morgan fingerprint density at radius 2 is 2.26 bits per heavy atom. The first-order chi connectivity index (χ1) is 9.13. The number of hydrogen-bond donors (Lipinski definition) is 1. The molecule has 1 heterocycles. The van der Waals surface area contributed by atoms with Crippen molar-refractivity contribution in [2.24, 2.45) is 11.7 Å². The molecule has 2 N–H and O–H groups in total. The maximum atomic E-state index is 13.0. The van der Waals surface area contributed by atoms with Crippen LogP contribution in [0.1, 0.15) is 18.7 Å². The second kappa shape index (κ2) is 5.02. The van der Waals surface area contributed by atoms with Crippen molar-refractivity contribution in [3.8, 4) is 11.4 Å². The third kappa shape index (κ3) is 2.84. The summed E-state index contributed by atoms with van der Waals surface area (Å²) in [7, 11) is 0. The van der Waals surface area contributed by atoms with E-state index >= 15 is 0 Å². The van der Waals surface area contributed by atoms with Crippen LogP contribution in [0, 0.1) is 11.7 Å². The highest BCUT2D eigenvalue weighted by molar-refractivity contribution is 9.10. The second-order valence-corrected chi connectivity index (χ2v) is 5.70. The van der Waals surface area contributed by atoms with Gasteiger partial charge in [0.2, 0.25) is 11.7 Å². The highest BCUT2D eigenvalue weighted by atomic mass is 79.9. The first-order valence-electron chi connectivity index (χ1n) is 6.17. The van der Waals surface area contributed by atoms with Crippen molar-refractivity contribution in [1.82, 2.24) is 10.1 Å². The fraction of sp³-hybridized carbons (Fsp3) is 0.385. The van der Waals surface area contributed by atoms with Crippen LogP contribution in [-0.4, -0.2) is 16.2 Å². The van der Waals surface area contributed by atoms with Crippen LogP contribution in [-0.2, 0) is 6.42 Å². The van der Waals surface area contributed by atoms with Gasteiger partial charge in [-0.05, 0) is 52.9 Å². The van der Waals surface area contributed by atoms with Crippen molar-refractivity contribution in [2.75, 3.05) is 0 Å². The van der Waals surface area contributed by atoms with E-state index in [-0.39, 0.29) is 11.9 Å². The molecule has 1 saturated carbocycles. The molecule has 0 radical (unpaired) electrons. The van der Waals surface area contributed by atoms with Gasteiger partial charge < -0.3 is 10.3 Å². The monoisotopic (exact) mass is 325 g/mol. The first kappa shape index (κ1) is 12.7. The normalized spacial score (nSPS) is 16.6. The molecule has 3 rings (SSSR count). The minimum absolute atomic E-state index is 0.0879. The lowest BCUT2D eigenvalue weighted by Gasteiger charge is -2.04. The van der Waals surface area contributed by atoms with Gasteiger partial charge >= 0.3 is 0 Å². The third-order valence-corrected chi connectivity index (χ3v) is 3.93. The Kier molecular flexibility index (Phi) is 3.36. The molecule has 1 unspecified atom stereocenters. The van der Waals surface area contributed by atoms with Crippen molar-refractivity contribution in [3.05, 3.63) is 34.4 Å². The summed E-state index contributed by atoms with van der Waals surface area (Å²) < 4.78 is 18.8. The minimum Gasteiger partial charge on any atom is -0.339 e. The van der Waals surface area contributed by atoms with Crippen molar-refractivity contribution in [2.45, 2.75) is 25.3 Å². The zero-order chi connectivity index (χ0) is 13.4. The summed E-state index contributed by atoms with van der Waals surface area (Å²) in [6.07, 6.45) is 2.97. The van der Waals surface area contributed by atoms with Crippen LogP contribution in [0.4, 0.5) is 4.39 Å². The maximum absolute atomic E-state index is 13.0. The Balaban J connectivity index is 1.79. The lowest BCUT2D eigenvalue weighted by atomic mass is 10.1. The van der Waals surface area contributed by atoms with Gasteiger partial charge in [0, 0.05) is 22.5 Å². The van der Waals surface area contributed by atoms with Crippen molar-refractivity contribution in [1.29, 1.82) is 0 Å². The summed E-state index contributed by atoms with van der Waals surface area (Å²) in [5, 5.41) is 3.92. The molecule has 0 spiro atoms. The molecule has 1 aromatic heterocycles. The number of nitrogens with two attached hydrogens (primary N) is 1. The number of halogens is 2. The van der Waals surface area contributed by atoms with Crippen LogP contribution in [0.25, 0.3) is 11.4 Å². The number of benzene rings is 1. The molecule has 2 aromatic rings. The minimum atomic E-state index is -0.310. The molecular formula is C13H13BrFN3O. The number of rotatable bonds is 4. The maximum Gasteiger partial charge on any atom is 0.228 e. The van der Waals surface area contributed by atoms with E-state index < -0.39 is 0 Å². The van der Waals surface area contributed by atoms with E-state index in [0.29, 0.717) is 34.1 Å². The van der Waals surface area contributed by atoms with Crippen molar-refractivity contribution in [3.63, 3.8) is 0 Å². The van der Waals surface area contributed by atoms with E-state index in [1.165, 1.54) is 25.0 Å². The molecule has 1 atom stereocenters. The zero-order valence-corrected chi connectivity index (χ0v) is 11.7. The Labute approximate surface area is 118 Å². The summed E-state index contributed by atoms with van der Waals surface area (Å²) in [5.41, 5.74) is 6.73. The summed E-state index contributed by atoms with van der Waals surface area (Å²) >= 11 is 3.29. The van der Waals surface area contributed by atoms with Gasteiger partial charge in [-0.1, -0.05) is 5.16 Å². The van der Waals surface area contributed by atoms with E-state index in [1.54, 1.807) is 6.07 Å². The molecule has 100 valence electrons. The van der Waals surface area contributed by atoms with Crippen LogP contribution in [0.3, 0.4) is 0 Å². The summed E-state index contributed by atoms with van der Waals surface area (Å²) in [5.74, 6) is 1.26. The Morgan fingerprint density at radius 1 is 1.47 bits per heavy atom. The summed E-state index contributed by atoms with van der Waals surface area (Å²) in [4.78, 5) is 4.31. The molecule has 6 heteroatoms. The Hall–Kier alpha value is -1.27. The van der Waals surface area contributed by atoms with E-state index in [0.717, 1.165) is 0 Å². The summed E-state index contributed by atoms with van der Waals surface area (Å²) in [6, 6.07) is 4.45. The molecule has 1 fully saturated rings. The van der Waals surface area contributed by atoms with Gasteiger partial charge in [-0.15, -0.1) is 0 Å². The molecule has 0 bridgehead atoms. The quantitative estimate of drug-likeness (QED) is 0.938. The Bertz CT molecular complexity index is 597.